The zero-order chi connectivity index (χ0) is 21.8. The second kappa shape index (κ2) is 9.24. The van der Waals surface area contributed by atoms with Crippen LogP contribution in [-0.2, 0) is 16.0 Å². The van der Waals surface area contributed by atoms with E-state index in [2.05, 4.69) is 5.32 Å². The van der Waals surface area contributed by atoms with Gasteiger partial charge in [-0.15, -0.1) is 0 Å². The molecule has 1 fully saturated rings. The fraction of sp³-hybridized carbons (Fsp3) is 0.273. The molecule has 1 aliphatic rings. The highest BCUT2D eigenvalue weighted by molar-refractivity contribution is 6.43. The standard InChI is InChI=1S/C22H23BN2O6/c26-21(10-11-25-13-19(31-22(25)27)15-6-2-1-3-7-15)24-20(23(28)29)12-16-14-30-18-9-5-4-8-17(16)18/h1-9,14,19-20,28-29H,10-13H2,(H,24,26). The van der Waals surface area contributed by atoms with E-state index < -0.39 is 19.2 Å². The third kappa shape index (κ3) is 4.89. The lowest BCUT2D eigenvalue weighted by Crippen LogP contribution is -2.48. The van der Waals surface area contributed by atoms with Gasteiger partial charge in [-0.25, -0.2) is 4.79 Å². The SMILES string of the molecule is O=C(CCN1CC(c2ccccc2)OC1=O)NC(Cc1coc2ccccc12)B(O)O. The quantitative estimate of drug-likeness (QED) is 0.479. The van der Waals surface area contributed by atoms with Crippen LogP contribution < -0.4 is 5.32 Å². The first-order valence-corrected chi connectivity index (χ1v) is 10.1. The molecule has 3 aromatic rings. The molecule has 8 nitrogen and oxygen atoms in total. The lowest BCUT2D eigenvalue weighted by Gasteiger charge is -2.18. The number of amides is 2. The number of hydrogen-bond donors (Lipinski definition) is 3. The number of para-hydroxylation sites is 1. The summed E-state index contributed by atoms with van der Waals surface area (Å²) < 4.78 is 10.9. The van der Waals surface area contributed by atoms with Crippen molar-refractivity contribution in [1.82, 2.24) is 10.2 Å². The molecular formula is C22H23BN2O6. The third-order valence-electron chi connectivity index (χ3n) is 5.37. The van der Waals surface area contributed by atoms with Gasteiger partial charge in [0, 0.05) is 18.4 Å². The highest BCUT2D eigenvalue weighted by atomic mass is 16.6. The number of furan rings is 1. The molecular weight excluding hydrogens is 399 g/mol. The van der Waals surface area contributed by atoms with Gasteiger partial charge in [0.2, 0.25) is 5.91 Å². The van der Waals surface area contributed by atoms with Crippen molar-refractivity contribution in [2.24, 2.45) is 0 Å². The molecule has 0 aliphatic carbocycles. The van der Waals surface area contributed by atoms with Crippen LogP contribution >= 0.6 is 0 Å². The van der Waals surface area contributed by atoms with Gasteiger partial charge in [0.15, 0.2) is 0 Å². The van der Waals surface area contributed by atoms with Crippen LogP contribution in [0.1, 0.15) is 23.7 Å². The number of rotatable bonds is 8. The van der Waals surface area contributed by atoms with E-state index in [0.717, 1.165) is 16.5 Å². The molecule has 0 saturated carbocycles. The zero-order valence-electron chi connectivity index (χ0n) is 16.8. The van der Waals surface area contributed by atoms with Gasteiger partial charge in [-0.3, -0.25) is 4.79 Å². The predicted octanol–water partition coefficient (Wildman–Crippen LogP) is 2.06. The van der Waals surface area contributed by atoms with Crippen LogP contribution in [0.3, 0.4) is 0 Å². The van der Waals surface area contributed by atoms with Gasteiger partial charge < -0.3 is 29.4 Å². The molecule has 1 aromatic heterocycles. The molecule has 1 saturated heterocycles. The van der Waals surface area contributed by atoms with Gasteiger partial charge in [-0.2, -0.15) is 0 Å². The normalized spacial score (nSPS) is 16.9. The summed E-state index contributed by atoms with van der Waals surface area (Å²) in [7, 11) is -1.74. The van der Waals surface area contributed by atoms with Crippen molar-refractivity contribution in [1.29, 1.82) is 0 Å². The minimum atomic E-state index is -1.74. The fourth-order valence-corrected chi connectivity index (χ4v) is 3.71. The Balaban J connectivity index is 1.32. The average molecular weight is 422 g/mol. The van der Waals surface area contributed by atoms with Crippen LogP contribution in [0.15, 0.2) is 65.3 Å². The number of nitrogens with one attached hydrogen (secondary N) is 1. The lowest BCUT2D eigenvalue weighted by atomic mass is 9.76. The highest BCUT2D eigenvalue weighted by Gasteiger charge is 2.33. The van der Waals surface area contributed by atoms with Crippen molar-refractivity contribution >= 4 is 30.1 Å². The predicted molar refractivity (Wildman–Crippen MR) is 114 cm³/mol. The summed E-state index contributed by atoms with van der Waals surface area (Å²) in [4.78, 5) is 26.0. The lowest BCUT2D eigenvalue weighted by molar-refractivity contribution is -0.121. The minimum Gasteiger partial charge on any atom is -0.464 e. The zero-order valence-corrected chi connectivity index (χ0v) is 16.8. The van der Waals surface area contributed by atoms with E-state index in [1.165, 1.54) is 4.90 Å². The molecule has 3 N–H and O–H groups in total. The minimum absolute atomic E-state index is 0.0198. The van der Waals surface area contributed by atoms with Crippen molar-refractivity contribution in [3.63, 3.8) is 0 Å². The molecule has 9 heteroatoms. The van der Waals surface area contributed by atoms with E-state index in [0.29, 0.717) is 12.1 Å². The second-order valence-corrected chi connectivity index (χ2v) is 7.53. The Morgan fingerprint density at radius 3 is 2.68 bits per heavy atom. The summed E-state index contributed by atoms with van der Waals surface area (Å²) >= 11 is 0. The summed E-state index contributed by atoms with van der Waals surface area (Å²) in [5.41, 5.74) is 2.36. The molecule has 4 rings (SSSR count). The number of carbonyl (C=O) groups excluding carboxylic acids is 2. The van der Waals surface area contributed by atoms with E-state index in [9.17, 15) is 19.6 Å². The maximum Gasteiger partial charge on any atom is 0.475 e. The van der Waals surface area contributed by atoms with Crippen molar-refractivity contribution in [3.05, 3.63) is 72.0 Å². The van der Waals surface area contributed by atoms with Crippen LogP contribution in [0.4, 0.5) is 4.79 Å². The molecule has 0 spiro atoms. The van der Waals surface area contributed by atoms with Crippen LogP contribution in [0.2, 0.25) is 0 Å². The van der Waals surface area contributed by atoms with Gasteiger partial charge in [-0.05, 0) is 23.6 Å². The Labute approximate surface area is 179 Å². The summed E-state index contributed by atoms with van der Waals surface area (Å²) in [6.45, 7) is 0.542. The average Bonchev–Trinajstić information content (AvgIpc) is 3.36. The fourth-order valence-electron chi connectivity index (χ4n) is 3.71. The summed E-state index contributed by atoms with van der Waals surface area (Å²) in [5, 5.41) is 23.0. The molecule has 2 heterocycles. The molecule has 2 atom stereocenters. The first kappa shape index (κ1) is 21.0. The Morgan fingerprint density at radius 2 is 1.90 bits per heavy atom. The van der Waals surface area contributed by atoms with Gasteiger partial charge in [0.25, 0.3) is 0 Å². The maximum atomic E-state index is 12.4. The first-order valence-electron chi connectivity index (χ1n) is 10.1. The Kier molecular flexibility index (Phi) is 6.24. The van der Waals surface area contributed by atoms with Crippen LogP contribution in [0.5, 0.6) is 0 Å². The molecule has 160 valence electrons. The molecule has 31 heavy (non-hydrogen) atoms. The van der Waals surface area contributed by atoms with Crippen molar-refractivity contribution < 1.29 is 28.8 Å². The second-order valence-electron chi connectivity index (χ2n) is 7.53. The third-order valence-corrected chi connectivity index (χ3v) is 5.37. The number of nitrogens with zero attached hydrogens (tertiary/aromatic N) is 1. The summed E-state index contributed by atoms with van der Waals surface area (Å²) in [5.74, 6) is -1.29. The molecule has 1 aliphatic heterocycles. The number of cyclic esters (lactones) is 1. The number of benzene rings is 2. The van der Waals surface area contributed by atoms with E-state index in [-0.39, 0.29) is 31.4 Å². The summed E-state index contributed by atoms with van der Waals surface area (Å²) in [6, 6.07) is 16.8. The molecule has 0 bridgehead atoms. The Bertz CT molecular complexity index is 1050. The molecule has 2 amide bonds. The van der Waals surface area contributed by atoms with Crippen molar-refractivity contribution in [2.45, 2.75) is 24.9 Å². The van der Waals surface area contributed by atoms with Crippen LogP contribution in [-0.4, -0.2) is 53.1 Å². The monoisotopic (exact) mass is 422 g/mol. The van der Waals surface area contributed by atoms with Crippen molar-refractivity contribution in [3.8, 4) is 0 Å². The van der Waals surface area contributed by atoms with E-state index in [1.54, 1.807) is 6.26 Å². The number of ether oxygens (including phenoxy) is 1. The van der Waals surface area contributed by atoms with Crippen LogP contribution in [0, 0.1) is 0 Å². The summed E-state index contributed by atoms with van der Waals surface area (Å²) in [6.07, 6.45) is 0.938. The molecule has 2 unspecified atom stereocenters. The number of fused-ring (bicyclic) bond motifs is 1. The van der Waals surface area contributed by atoms with Crippen LogP contribution in [0.25, 0.3) is 11.0 Å². The smallest absolute Gasteiger partial charge is 0.464 e. The van der Waals surface area contributed by atoms with Gasteiger partial charge in [0.1, 0.15) is 11.7 Å². The number of hydrogen-bond acceptors (Lipinski definition) is 6. The topological polar surface area (TPSA) is 112 Å². The van der Waals surface area contributed by atoms with Gasteiger partial charge >= 0.3 is 13.2 Å². The Morgan fingerprint density at radius 1 is 1.16 bits per heavy atom. The first-order chi connectivity index (χ1) is 15.0. The largest absolute Gasteiger partial charge is 0.475 e. The van der Waals surface area contributed by atoms with Gasteiger partial charge in [0.05, 0.1) is 18.7 Å². The van der Waals surface area contributed by atoms with E-state index in [4.69, 9.17) is 9.15 Å². The maximum absolute atomic E-state index is 12.4. The van der Waals surface area contributed by atoms with E-state index in [1.807, 2.05) is 54.6 Å². The highest BCUT2D eigenvalue weighted by Crippen LogP contribution is 2.26. The van der Waals surface area contributed by atoms with E-state index >= 15 is 0 Å². The molecule has 0 radical (unpaired) electrons. The van der Waals surface area contributed by atoms with Crippen molar-refractivity contribution in [2.75, 3.05) is 13.1 Å². The number of carbonyl (C=O) groups is 2. The molecule has 2 aromatic carbocycles. The Hall–Kier alpha value is -3.30. The van der Waals surface area contributed by atoms with Gasteiger partial charge in [-0.1, -0.05) is 48.5 Å².